The maximum atomic E-state index is 11.4. The molecule has 0 amide bonds. The van der Waals surface area contributed by atoms with E-state index >= 15 is 0 Å². The fourth-order valence-corrected chi connectivity index (χ4v) is 1.34. The molecule has 0 spiro atoms. The average Bonchev–Trinajstić information content (AvgIpc) is 2.28. The second-order valence-electron chi connectivity index (χ2n) is 4.27. The van der Waals surface area contributed by atoms with Crippen LogP contribution in [0.25, 0.3) is 0 Å². The largest absolute Gasteiger partial charge is 0.464 e. The average molecular weight is 236 g/mol. The van der Waals surface area contributed by atoms with E-state index in [1.54, 1.807) is 0 Å². The van der Waals surface area contributed by atoms with Crippen LogP contribution in [0.15, 0.2) is 24.3 Å². The van der Waals surface area contributed by atoms with Gasteiger partial charge in [-0.3, -0.25) is 4.79 Å². The molecule has 17 heavy (non-hydrogen) atoms. The highest BCUT2D eigenvalue weighted by molar-refractivity contribution is 5.69. The zero-order valence-electron chi connectivity index (χ0n) is 10.5. The SMILES string of the molecule is CN(C)CCOC(=O)CCc1ccc(N)cc1. The van der Waals surface area contributed by atoms with E-state index in [9.17, 15) is 4.79 Å². The number of carbonyl (C=O) groups is 1. The van der Waals surface area contributed by atoms with Gasteiger partial charge < -0.3 is 15.4 Å². The molecule has 1 aromatic rings. The van der Waals surface area contributed by atoms with Crippen LogP contribution >= 0.6 is 0 Å². The van der Waals surface area contributed by atoms with Crippen molar-refractivity contribution >= 4 is 11.7 Å². The normalized spacial score (nSPS) is 10.5. The van der Waals surface area contributed by atoms with Crippen molar-refractivity contribution in [1.82, 2.24) is 4.90 Å². The smallest absolute Gasteiger partial charge is 0.306 e. The van der Waals surface area contributed by atoms with Crippen LogP contribution in [0.5, 0.6) is 0 Å². The molecule has 0 aliphatic rings. The molecule has 0 aliphatic heterocycles. The lowest BCUT2D eigenvalue weighted by atomic mass is 10.1. The molecule has 1 rings (SSSR count). The van der Waals surface area contributed by atoms with E-state index in [0.717, 1.165) is 17.8 Å². The highest BCUT2D eigenvalue weighted by atomic mass is 16.5. The molecule has 1 aromatic carbocycles. The summed E-state index contributed by atoms with van der Waals surface area (Å²) in [5, 5.41) is 0. The first kappa shape index (κ1) is 13.5. The molecule has 4 heteroatoms. The Morgan fingerprint density at radius 3 is 2.53 bits per heavy atom. The number of esters is 1. The summed E-state index contributed by atoms with van der Waals surface area (Å²) in [5.41, 5.74) is 7.42. The molecule has 0 bridgehead atoms. The number of nitrogens with two attached hydrogens (primary N) is 1. The molecule has 0 aromatic heterocycles. The van der Waals surface area contributed by atoms with Crippen molar-refractivity contribution in [2.75, 3.05) is 33.0 Å². The molecule has 0 unspecified atom stereocenters. The van der Waals surface area contributed by atoms with E-state index in [-0.39, 0.29) is 5.97 Å². The van der Waals surface area contributed by atoms with Crippen LogP contribution in [0.3, 0.4) is 0 Å². The van der Waals surface area contributed by atoms with Crippen LogP contribution < -0.4 is 5.73 Å². The Morgan fingerprint density at radius 1 is 1.29 bits per heavy atom. The van der Waals surface area contributed by atoms with Crippen LogP contribution in [0.1, 0.15) is 12.0 Å². The summed E-state index contributed by atoms with van der Waals surface area (Å²) in [6.45, 7) is 1.21. The predicted molar refractivity (Wildman–Crippen MR) is 68.7 cm³/mol. The molecule has 0 radical (unpaired) electrons. The van der Waals surface area contributed by atoms with Gasteiger partial charge in [-0.05, 0) is 38.2 Å². The highest BCUT2D eigenvalue weighted by Crippen LogP contribution is 2.07. The number of carbonyl (C=O) groups excluding carboxylic acids is 1. The topological polar surface area (TPSA) is 55.6 Å². The molecule has 0 heterocycles. The summed E-state index contributed by atoms with van der Waals surface area (Å²) < 4.78 is 5.09. The third-order valence-electron chi connectivity index (χ3n) is 2.40. The van der Waals surface area contributed by atoms with Gasteiger partial charge in [0.1, 0.15) is 6.61 Å². The molecule has 0 fully saturated rings. The lowest BCUT2D eigenvalue weighted by Crippen LogP contribution is -2.20. The first-order chi connectivity index (χ1) is 8.08. The van der Waals surface area contributed by atoms with Crippen molar-refractivity contribution in [1.29, 1.82) is 0 Å². The Balaban J connectivity index is 2.21. The Hall–Kier alpha value is -1.55. The lowest BCUT2D eigenvalue weighted by Gasteiger charge is -2.09. The number of hydrogen-bond acceptors (Lipinski definition) is 4. The van der Waals surface area contributed by atoms with Gasteiger partial charge in [-0.15, -0.1) is 0 Å². The van der Waals surface area contributed by atoms with Crippen molar-refractivity contribution in [3.8, 4) is 0 Å². The van der Waals surface area contributed by atoms with Crippen LogP contribution in [-0.4, -0.2) is 38.1 Å². The summed E-state index contributed by atoms with van der Waals surface area (Å²) >= 11 is 0. The molecular weight excluding hydrogens is 216 g/mol. The maximum absolute atomic E-state index is 11.4. The molecular formula is C13H20N2O2. The zero-order chi connectivity index (χ0) is 12.7. The third kappa shape index (κ3) is 5.92. The summed E-state index contributed by atoms with van der Waals surface area (Å²) in [6, 6.07) is 7.55. The number of nitrogen functional groups attached to an aromatic ring is 1. The quantitative estimate of drug-likeness (QED) is 0.597. The molecule has 0 saturated carbocycles. The van der Waals surface area contributed by atoms with Crippen LogP contribution in [0, 0.1) is 0 Å². The number of nitrogens with zero attached hydrogens (tertiary/aromatic N) is 1. The van der Waals surface area contributed by atoms with Gasteiger partial charge in [0.25, 0.3) is 0 Å². The second kappa shape index (κ2) is 6.91. The number of rotatable bonds is 6. The van der Waals surface area contributed by atoms with Gasteiger partial charge in [0.15, 0.2) is 0 Å². The van der Waals surface area contributed by atoms with E-state index in [4.69, 9.17) is 10.5 Å². The van der Waals surface area contributed by atoms with Crippen LogP contribution in [0.2, 0.25) is 0 Å². The minimum Gasteiger partial charge on any atom is -0.464 e. The van der Waals surface area contributed by atoms with Gasteiger partial charge in [0.2, 0.25) is 0 Å². The minimum absolute atomic E-state index is 0.149. The molecule has 0 atom stereocenters. The first-order valence-corrected chi connectivity index (χ1v) is 5.72. The second-order valence-corrected chi connectivity index (χ2v) is 4.27. The zero-order valence-corrected chi connectivity index (χ0v) is 10.5. The van der Waals surface area contributed by atoms with Gasteiger partial charge in [-0.2, -0.15) is 0 Å². The Kier molecular flexibility index (Phi) is 5.49. The van der Waals surface area contributed by atoms with Crippen molar-refractivity contribution in [3.05, 3.63) is 29.8 Å². The summed E-state index contributed by atoms with van der Waals surface area (Å²) in [4.78, 5) is 13.4. The fraction of sp³-hybridized carbons (Fsp3) is 0.462. The Bertz CT molecular complexity index is 347. The van der Waals surface area contributed by atoms with E-state index < -0.39 is 0 Å². The number of likely N-dealkylation sites (N-methyl/N-ethyl adjacent to an activating group) is 1. The monoisotopic (exact) mass is 236 g/mol. The van der Waals surface area contributed by atoms with E-state index in [1.165, 1.54) is 0 Å². The van der Waals surface area contributed by atoms with E-state index in [0.29, 0.717) is 19.4 Å². The minimum atomic E-state index is -0.149. The predicted octanol–water partition coefficient (Wildman–Crippen LogP) is 1.31. The summed E-state index contributed by atoms with van der Waals surface area (Å²) in [7, 11) is 3.89. The van der Waals surface area contributed by atoms with Crippen LogP contribution in [0.4, 0.5) is 5.69 Å². The van der Waals surface area contributed by atoms with Gasteiger partial charge in [-0.1, -0.05) is 12.1 Å². The van der Waals surface area contributed by atoms with Crippen molar-refractivity contribution < 1.29 is 9.53 Å². The fourth-order valence-electron chi connectivity index (χ4n) is 1.34. The van der Waals surface area contributed by atoms with E-state index in [1.807, 2.05) is 43.3 Å². The Labute approximate surface area is 102 Å². The number of ether oxygens (including phenoxy) is 1. The number of benzene rings is 1. The van der Waals surface area contributed by atoms with Crippen molar-refractivity contribution in [2.24, 2.45) is 0 Å². The van der Waals surface area contributed by atoms with Gasteiger partial charge in [-0.25, -0.2) is 0 Å². The van der Waals surface area contributed by atoms with Crippen molar-refractivity contribution in [3.63, 3.8) is 0 Å². The van der Waals surface area contributed by atoms with Gasteiger partial charge in [0.05, 0.1) is 0 Å². The first-order valence-electron chi connectivity index (χ1n) is 5.72. The third-order valence-corrected chi connectivity index (χ3v) is 2.40. The molecule has 4 nitrogen and oxygen atoms in total. The lowest BCUT2D eigenvalue weighted by molar-refractivity contribution is -0.143. The number of aryl methyl sites for hydroxylation is 1. The number of anilines is 1. The summed E-state index contributed by atoms with van der Waals surface area (Å²) in [6.07, 6.45) is 1.11. The van der Waals surface area contributed by atoms with E-state index in [2.05, 4.69) is 0 Å². The number of hydrogen-bond donors (Lipinski definition) is 1. The van der Waals surface area contributed by atoms with Crippen molar-refractivity contribution in [2.45, 2.75) is 12.8 Å². The molecule has 94 valence electrons. The summed E-state index contributed by atoms with van der Waals surface area (Å²) in [5.74, 6) is -0.149. The molecule has 0 aliphatic carbocycles. The molecule has 0 saturated heterocycles. The van der Waals surface area contributed by atoms with Gasteiger partial charge in [0, 0.05) is 18.7 Å². The standard InChI is InChI=1S/C13H20N2O2/c1-15(2)9-10-17-13(16)8-5-11-3-6-12(14)7-4-11/h3-4,6-7H,5,8-10,14H2,1-2H3. The maximum Gasteiger partial charge on any atom is 0.306 e. The van der Waals surface area contributed by atoms with Gasteiger partial charge >= 0.3 is 5.97 Å². The molecule has 2 N–H and O–H groups in total. The Morgan fingerprint density at radius 2 is 1.94 bits per heavy atom. The highest BCUT2D eigenvalue weighted by Gasteiger charge is 2.03. The van der Waals surface area contributed by atoms with Crippen LogP contribution in [-0.2, 0) is 16.0 Å².